The Balaban J connectivity index is 1.96. The first kappa shape index (κ1) is 28.9. The van der Waals surface area contributed by atoms with E-state index in [2.05, 4.69) is 5.32 Å². The predicted molar refractivity (Wildman–Crippen MR) is 151 cm³/mol. The lowest BCUT2D eigenvalue weighted by atomic mass is 10.1. The second kappa shape index (κ2) is 13.2. The lowest BCUT2D eigenvalue weighted by molar-refractivity contribution is -0.139. The highest BCUT2D eigenvalue weighted by atomic mass is 32.2. The van der Waals surface area contributed by atoms with Gasteiger partial charge in [-0.05, 0) is 69.0 Å². The molecule has 0 bridgehead atoms. The van der Waals surface area contributed by atoms with E-state index in [1.807, 2.05) is 63.2 Å². The van der Waals surface area contributed by atoms with Crippen LogP contribution in [0.1, 0.15) is 38.8 Å². The topological polar surface area (TPSA) is 86.8 Å². The molecule has 1 N–H and O–H groups in total. The SMILES string of the molecule is CCc1ccc(N(CC(=O)N(CCc2ccccc2)[C@@H](C)C(=O)NC(C)C)S(=O)(=O)c2ccccc2)cc1. The summed E-state index contributed by atoms with van der Waals surface area (Å²) in [6.45, 7) is 7.24. The van der Waals surface area contributed by atoms with E-state index < -0.39 is 28.5 Å². The summed E-state index contributed by atoms with van der Waals surface area (Å²) in [5.74, 6) is -0.738. The Morgan fingerprint density at radius 1 is 0.816 bits per heavy atom. The summed E-state index contributed by atoms with van der Waals surface area (Å²) in [6.07, 6.45) is 1.34. The van der Waals surface area contributed by atoms with Crippen LogP contribution in [0.2, 0.25) is 0 Å². The Bertz CT molecular complexity index is 1290. The van der Waals surface area contributed by atoms with Crippen LogP contribution >= 0.6 is 0 Å². The number of anilines is 1. The van der Waals surface area contributed by atoms with Gasteiger partial charge in [0.2, 0.25) is 11.8 Å². The highest BCUT2D eigenvalue weighted by Gasteiger charge is 2.32. The molecule has 0 radical (unpaired) electrons. The standard InChI is InChI=1S/C30H37N3O4S/c1-5-25-16-18-27(19-17-25)33(38(36,37)28-14-10-7-11-15-28)22-29(34)32(24(4)30(35)31-23(2)3)21-20-26-12-8-6-9-13-26/h6-19,23-24H,5,20-22H2,1-4H3,(H,31,35)/t24-/m0/s1. The Hall–Kier alpha value is -3.65. The minimum atomic E-state index is -4.05. The van der Waals surface area contributed by atoms with E-state index >= 15 is 0 Å². The molecule has 2 amide bonds. The Morgan fingerprint density at radius 3 is 1.95 bits per heavy atom. The highest BCUT2D eigenvalue weighted by molar-refractivity contribution is 7.92. The van der Waals surface area contributed by atoms with E-state index in [0.717, 1.165) is 21.9 Å². The van der Waals surface area contributed by atoms with Crippen LogP contribution in [0.25, 0.3) is 0 Å². The molecule has 3 aromatic carbocycles. The molecule has 202 valence electrons. The van der Waals surface area contributed by atoms with Crippen LogP contribution in [0, 0.1) is 0 Å². The number of hydrogen-bond acceptors (Lipinski definition) is 4. The van der Waals surface area contributed by atoms with E-state index in [1.54, 1.807) is 37.3 Å². The van der Waals surface area contributed by atoms with Crippen LogP contribution < -0.4 is 9.62 Å². The number of nitrogens with zero attached hydrogens (tertiary/aromatic N) is 2. The molecular weight excluding hydrogens is 498 g/mol. The second-order valence-corrected chi connectivity index (χ2v) is 11.4. The lowest BCUT2D eigenvalue weighted by Crippen LogP contribution is -2.53. The van der Waals surface area contributed by atoms with Crippen molar-refractivity contribution in [1.82, 2.24) is 10.2 Å². The first-order valence-electron chi connectivity index (χ1n) is 12.9. The van der Waals surface area contributed by atoms with E-state index in [0.29, 0.717) is 12.1 Å². The van der Waals surface area contributed by atoms with Crippen LogP contribution in [0.3, 0.4) is 0 Å². The minimum absolute atomic E-state index is 0.0915. The van der Waals surface area contributed by atoms with Gasteiger partial charge in [-0.25, -0.2) is 8.42 Å². The average molecular weight is 536 g/mol. The Morgan fingerprint density at radius 2 is 1.39 bits per heavy atom. The maximum Gasteiger partial charge on any atom is 0.264 e. The van der Waals surface area contributed by atoms with Crippen LogP contribution in [-0.2, 0) is 32.5 Å². The van der Waals surface area contributed by atoms with E-state index in [9.17, 15) is 18.0 Å². The van der Waals surface area contributed by atoms with Gasteiger partial charge in [0.1, 0.15) is 12.6 Å². The molecule has 0 spiro atoms. The molecule has 0 aromatic heterocycles. The quantitative estimate of drug-likeness (QED) is 0.372. The number of carbonyl (C=O) groups is 2. The molecule has 3 aromatic rings. The van der Waals surface area contributed by atoms with Gasteiger partial charge in [-0.2, -0.15) is 0 Å². The molecule has 0 unspecified atom stereocenters. The van der Waals surface area contributed by atoms with Gasteiger partial charge in [-0.3, -0.25) is 13.9 Å². The molecule has 0 aliphatic rings. The molecule has 0 aliphatic heterocycles. The third kappa shape index (κ3) is 7.44. The number of sulfonamides is 1. The van der Waals surface area contributed by atoms with Crippen molar-refractivity contribution in [1.29, 1.82) is 0 Å². The molecule has 38 heavy (non-hydrogen) atoms. The van der Waals surface area contributed by atoms with Crippen molar-refractivity contribution in [2.45, 2.75) is 57.5 Å². The molecular formula is C30H37N3O4S. The van der Waals surface area contributed by atoms with Gasteiger partial charge in [0, 0.05) is 12.6 Å². The molecule has 3 rings (SSSR count). The van der Waals surface area contributed by atoms with E-state index in [-0.39, 0.29) is 23.4 Å². The van der Waals surface area contributed by atoms with Gasteiger partial charge in [0.25, 0.3) is 10.0 Å². The molecule has 1 atom stereocenters. The van der Waals surface area contributed by atoms with Gasteiger partial charge >= 0.3 is 0 Å². The first-order valence-corrected chi connectivity index (χ1v) is 14.4. The summed E-state index contributed by atoms with van der Waals surface area (Å²) in [5, 5.41) is 2.87. The Kier molecular flexibility index (Phi) is 10.1. The molecule has 0 saturated carbocycles. The van der Waals surface area contributed by atoms with Crippen LogP contribution in [0.5, 0.6) is 0 Å². The largest absolute Gasteiger partial charge is 0.352 e. The third-order valence-corrected chi connectivity index (χ3v) is 8.11. The number of rotatable bonds is 12. The molecule has 8 heteroatoms. The van der Waals surface area contributed by atoms with E-state index in [4.69, 9.17) is 0 Å². The van der Waals surface area contributed by atoms with Crippen LogP contribution in [0.4, 0.5) is 5.69 Å². The number of amides is 2. The van der Waals surface area contributed by atoms with Gasteiger partial charge < -0.3 is 10.2 Å². The zero-order valence-electron chi connectivity index (χ0n) is 22.5. The summed E-state index contributed by atoms with van der Waals surface area (Å²) in [4.78, 5) is 28.3. The third-order valence-electron chi connectivity index (χ3n) is 6.33. The summed E-state index contributed by atoms with van der Waals surface area (Å²) in [6, 6.07) is 24.0. The van der Waals surface area contributed by atoms with Crippen molar-refractivity contribution in [3.8, 4) is 0 Å². The summed E-state index contributed by atoms with van der Waals surface area (Å²) in [7, 11) is -4.05. The monoisotopic (exact) mass is 535 g/mol. The number of hydrogen-bond donors (Lipinski definition) is 1. The maximum atomic E-state index is 13.8. The molecule has 0 aliphatic carbocycles. The highest BCUT2D eigenvalue weighted by Crippen LogP contribution is 2.25. The fourth-order valence-electron chi connectivity index (χ4n) is 4.12. The lowest BCUT2D eigenvalue weighted by Gasteiger charge is -2.32. The van der Waals surface area contributed by atoms with Crippen molar-refractivity contribution in [2.24, 2.45) is 0 Å². The summed E-state index contributed by atoms with van der Waals surface area (Å²) in [5.41, 5.74) is 2.47. The molecule has 0 saturated heterocycles. The van der Waals surface area contributed by atoms with Gasteiger partial charge in [0.05, 0.1) is 10.6 Å². The number of aryl methyl sites for hydroxylation is 1. The van der Waals surface area contributed by atoms with E-state index in [1.165, 1.54) is 17.0 Å². The summed E-state index contributed by atoms with van der Waals surface area (Å²) < 4.78 is 28.6. The Labute approximate surface area is 226 Å². The number of benzene rings is 3. The maximum absolute atomic E-state index is 13.8. The van der Waals surface area contributed by atoms with Crippen molar-refractivity contribution in [3.05, 3.63) is 96.1 Å². The fraction of sp³-hybridized carbons (Fsp3) is 0.333. The molecule has 7 nitrogen and oxygen atoms in total. The van der Waals surface area contributed by atoms with Crippen LogP contribution in [-0.4, -0.2) is 50.3 Å². The van der Waals surface area contributed by atoms with Crippen molar-refractivity contribution in [2.75, 3.05) is 17.4 Å². The average Bonchev–Trinajstić information content (AvgIpc) is 2.92. The number of carbonyl (C=O) groups excluding carboxylic acids is 2. The molecule has 0 fully saturated rings. The second-order valence-electron chi connectivity index (χ2n) is 9.51. The predicted octanol–water partition coefficient (Wildman–Crippen LogP) is 4.43. The van der Waals surface area contributed by atoms with Crippen molar-refractivity contribution >= 4 is 27.5 Å². The fourth-order valence-corrected chi connectivity index (χ4v) is 5.56. The number of nitrogens with one attached hydrogen (secondary N) is 1. The minimum Gasteiger partial charge on any atom is -0.352 e. The van der Waals surface area contributed by atoms with Gasteiger partial charge in [-0.15, -0.1) is 0 Å². The van der Waals surface area contributed by atoms with Gasteiger partial charge in [0.15, 0.2) is 0 Å². The normalized spacial score (nSPS) is 12.1. The summed E-state index contributed by atoms with van der Waals surface area (Å²) >= 11 is 0. The molecule has 0 heterocycles. The zero-order chi connectivity index (χ0) is 27.7. The van der Waals surface area contributed by atoms with Gasteiger partial charge in [-0.1, -0.05) is 67.6 Å². The first-order chi connectivity index (χ1) is 18.1. The van der Waals surface area contributed by atoms with Crippen LogP contribution in [0.15, 0.2) is 89.8 Å². The van der Waals surface area contributed by atoms with Crippen molar-refractivity contribution in [3.63, 3.8) is 0 Å². The smallest absolute Gasteiger partial charge is 0.264 e. The van der Waals surface area contributed by atoms with Crippen molar-refractivity contribution < 1.29 is 18.0 Å². The zero-order valence-corrected chi connectivity index (χ0v) is 23.3.